The van der Waals surface area contributed by atoms with E-state index in [1.54, 1.807) is 0 Å². The van der Waals surface area contributed by atoms with Gasteiger partial charge in [-0.05, 0) is 42.0 Å². The van der Waals surface area contributed by atoms with E-state index < -0.39 is 11.9 Å². The van der Waals surface area contributed by atoms with Gasteiger partial charge in [-0.2, -0.15) is 0 Å². The van der Waals surface area contributed by atoms with Crippen molar-refractivity contribution in [2.24, 2.45) is 0 Å². The Bertz CT molecular complexity index is 738. The van der Waals surface area contributed by atoms with Gasteiger partial charge in [0.15, 0.2) is 0 Å². The van der Waals surface area contributed by atoms with Crippen LogP contribution in [0, 0.1) is 5.82 Å². The zero-order chi connectivity index (χ0) is 16.1. The molecule has 6 heteroatoms. The van der Waals surface area contributed by atoms with Crippen LogP contribution in [0.4, 0.5) is 10.1 Å². The van der Waals surface area contributed by atoms with Gasteiger partial charge in [0, 0.05) is 6.08 Å². The molecule has 2 aromatic rings. The summed E-state index contributed by atoms with van der Waals surface area (Å²) in [6, 6.07) is 9.09. The molecule has 0 radical (unpaired) electrons. The molecule has 0 saturated heterocycles. The first-order valence-electron chi connectivity index (χ1n) is 6.26. The number of aromatic carboxylic acids is 1. The number of carboxylic acids is 1. The number of nitrogens with one attached hydrogen (secondary N) is 1. The first kappa shape index (κ1) is 15.2. The Labute approximate surface area is 125 Å². The summed E-state index contributed by atoms with van der Waals surface area (Å²) in [4.78, 5) is 22.6. The number of phenolic OH excluding ortho intramolecular Hbond substituents is 1. The average molecular weight is 301 g/mol. The number of benzene rings is 2. The molecule has 0 bridgehead atoms. The van der Waals surface area contributed by atoms with Crippen LogP contribution in [0.3, 0.4) is 0 Å². The van der Waals surface area contributed by atoms with Crippen LogP contribution in [0.15, 0.2) is 48.5 Å². The largest absolute Gasteiger partial charge is 0.506 e. The Balaban J connectivity index is 2.10. The van der Waals surface area contributed by atoms with Crippen LogP contribution < -0.4 is 5.32 Å². The maximum absolute atomic E-state index is 12.7. The number of anilines is 1. The van der Waals surface area contributed by atoms with Gasteiger partial charge in [0.05, 0.1) is 11.3 Å². The normalized spacial score (nSPS) is 10.6. The van der Waals surface area contributed by atoms with Gasteiger partial charge in [0.2, 0.25) is 5.91 Å². The van der Waals surface area contributed by atoms with Gasteiger partial charge in [0.1, 0.15) is 11.6 Å². The summed E-state index contributed by atoms with van der Waals surface area (Å²) in [6.07, 6.45) is 2.66. The van der Waals surface area contributed by atoms with Crippen LogP contribution in [0.5, 0.6) is 5.75 Å². The molecule has 0 aromatic heterocycles. The molecule has 0 aliphatic rings. The second kappa shape index (κ2) is 6.53. The number of phenols is 1. The molecule has 0 heterocycles. The third-order valence-corrected chi connectivity index (χ3v) is 2.80. The summed E-state index contributed by atoms with van der Waals surface area (Å²) in [5.74, 6) is -2.34. The van der Waals surface area contributed by atoms with Crippen LogP contribution >= 0.6 is 0 Å². The standard InChI is InChI=1S/C16H12FNO4/c17-12-5-1-10(2-6-12)3-8-15(20)18-13-9-11(16(21)22)4-7-14(13)19/h1-9,19H,(H,18,20)(H,21,22)/b8-3+. The molecule has 0 aliphatic carbocycles. The van der Waals surface area contributed by atoms with Gasteiger partial charge in [0.25, 0.3) is 0 Å². The molecular formula is C16H12FNO4. The number of carbonyl (C=O) groups excluding carboxylic acids is 1. The van der Waals surface area contributed by atoms with E-state index in [4.69, 9.17) is 5.11 Å². The molecule has 22 heavy (non-hydrogen) atoms. The first-order chi connectivity index (χ1) is 10.5. The second-order valence-electron chi connectivity index (χ2n) is 4.41. The van der Waals surface area contributed by atoms with Crippen molar-refractivity contribution in [3.63, 3.8) is 0 Å². The van der Waals surface area contributed by atoms with Crippen molar-refractivity contribution in [3.8, 4) is 5.75 Å². The Morgan fingerprint density at radius 3 is 2.41 bits per heavy atom. The van der Waals surface area contributed by atoms with Crippen molar-refractivity contribution >= 4 is 23.6 Å². The summed E-state index contributed by atoms with van der Waals surface area (Å²) >= 11 is 0. The van der Waals surface area contributed by atoms with Gasteiger partial charge in [-0.3, -0.25) is 4.79 Å². The maximum atomic E-state index is 12.7. The molecule has 0 fully saturated rings. The number of aromatic hydroxyl groups is 1. The van der Waals surface area contributed by atoms with Crippen LogP contribution in [0.2, 0.25) is 0 Å². The Kier molecular flexibility index (Phi) is 4.53. The molecule has 0 unspecified atom stereocenters. The highest BCUT2D eigenvalue weighted by atomic mass is 19.1. The lowest BCUT2D eigenvalue weighted by atomic mass is 10.2. The number of halogens is 1. The SMILES string of the molecule is O=C(/C=C/c1ccc(F)cc1)Nc1cc(C(=O)O)ccc1O. The summed E-state index contributed by atoms with van der Waals surface area (Å²) in [5, 5.41) is 20.9. The van der Waals surface area contributed by atoms with E-state index in [1.807, 2.05) is 0 Å². The Morgan fingerprint density at radius 1 is 1.09 bits per heavy atom. The lowest BCUT2D eigenvalue weighted by Gasteiger charge is -2.06. The quantitative estimate of drug-likeness (QED) is 0.598. The Hall–Kier alpha value is -3.15. The molecule has 2 rings (SSSR count). The van der Waals surface area contributed by atoms with E-state index >= 15 is 0 Å². The highest BCUT2D eigenvalue weighted by Gasteiger charge is 2.09. The zero-order valence-electron chi connectivity index (χ0n) is 11.3. The van der Waals surface area contributed by atoms with E-state index in [-0.39, 0.29) is 22.8 Å². The third-order valence-electron chi connectivity index (χ3n) is 2.80. The fraction of sp³-hybridized carbons (Fsp3) is 0. The Morgan fingerprint density at radius 2 is 1.77 bits per heavy atom. The lowest BCUT2D eigenvalue weighted by molar-refractivity contribution is -0.111. The molecule has 5 nitrogen and oxygen atoms in total. The van der Waals surface area contributed by atoms with E-state index in [0.717, 1.165) is 6.07 Å². The number of hydrogen-bond donors (Lipinski definition) is 3. The van der Waals surface area contributed by atoms with E-state index in [1.165, 1.54) is 48.6 Å². The molecule has 2 aromatic carbocycles. The topological polar surface area (TPSA) is 86.6 Å². The number of hydrogen-bond acceptors (Lipinski definition) is 3. The second-order valence-corrected chi connectivity index (χ2v) is 4.41. The van der Waals surface area contributed by atoms with E-state index in [9.17, 15) is 19.1 Å². The highest BCUT2D eigenvalue weighted by Crippen LogP contribution is 2.24. The summed E-state index contributed by atoms with van der Waals surface area (Å²) in [6.45, 7) is 0. The average Bonchev–Trinajstić information content (AvgIpc) is 2.48. The number of amides is 1. The molecular weight excluding hydrogens is 289 g/mol. The predicted octanol–water partition coefficient (Wildman–Crippen LogP) is 2.88. The predicted molar refractivity (Wildman–Crippen MR) is 79.1 cm³/mol. The molecule has 0 saturated carbocycles. The molecule has 112 valence electrons. The van der Waals surface area contributed by atoms with Gasteiger partial charge in [-0.1, -0.05) is 12.1 Å². The summed E-state index contributed by atoms with van der Waals surface area (Å²) < 4.78 is 12.7. The number of carboxylic acid groups (broad SMARTS) is 1. The van der Waals surface area contributed by atoms with Gasteiger partial charge < -0.3 is 15.5 Å². The molecule has 0 atom stereocenters. The fourth-order valence-corrected chi connectivity index (χ4v) is 1.69. The third kappa shape index (κ3) is 3.92. The minimum atomic E-state index is -1.17. The summed E-state index contributed by atoms with van der Waals surface area (Å²) in [7, 11) is 0. The molecule has 3 N–H and O–H groups in total. The van der Waals surface area contributed by atoms with E-state index in [2.05, 4.69) is 5.32 Å². The van der Waals surface area contributed by atoms with Gasteiger partial charge in [-0.15, -0.1) is 0 Å². The van der Waals surface area contributed by atoms with Crippen molar-refractivity contribution in [2.45, 2.75) is 0 Å². The van der Waals surface area contributed by atoms with Crippen LogP contribution in [0.1, 0.15) is 15.9 Å². The lowest BCUT2D eigenvalue weighted by Crippen LogP contribution is -2.09. The van der Waals surface area contributed by atoms with E-state index in [0.29, 0.717) is 5.56 Å². The van der Waals surface area contributed by atoms with Gasteiger partial charge in [-0.25, -0.2) is 9.18 Å². The van der Waals surface area contributed by atoms with Crippen molar-refractivity contribution in [1.29, 1.82) is 0 Å². The molecule has 0 spiro atoms. The van der Waals surface area contributed by atoms with Crippen molar-refractivity contribution in [3.05, 3.63) is 65.5 Å². The minimum Gasteiger partial charge on any atom is -0.506 e. The van der Waals surface area contributed by atoms with Crippen molar-refractivity contribution in [2.75, 3.05) is 5.32 Å². The zero-order valence-corrected chi connectivity index (χ0v) is 11.3. The molecule has 0 aliphatic heterocycles. The number of carbonyl (C=O) groups is 2. The smallest absolute Gasteiger partial charge is 0.335 e. The van der Waals surface area contributed by atoms with Crippen LogP contribution in [0.25, 0.3) is 6.08 Å². The number of rotatable bonds is 4. The monoisotopic (exact) mass is 301 g/mol. The fourth-order valence-electron chi connectivity index (χ4n) is 1.69. The van der Waals surface area contributed by atoms with Crippen LogP contribution in [-0.2, 0) is 4.79 Å². The van der Waals surface area contributed by atoms with Crippen molar-refractivity contribution < 1.29 is 24.2 Å². The highest BCUT2D eigenvalue weighted by molar-refractivity contribution is 6.03. The van der Waals surface area contributed by atoms with Crippen molar-refractivity contribution in [1.82, 2.24) is 0 Å². The van der Waals surface area contributed by atoms with Gasteiger partial charge >= 0.3 is 5.97 Å². The minimum absolute atomic E-state index is 0.00587. The van der Waals surface area contributed by atoms with Crippen LogP contribution in [-0.4, -0.2) is 22.1 Å². The molecule has 1 amide bonds. The first-order valence-corrected chi connectivity index (χ1v) is 6.26. The maximum Gasteiger partial charge on any atom is 0.335 e. The summed E-state index contributed by atoms with van der Waals surface area (Å²) in [5.41, 5.74) is 0.560.